The second-order valence-corrected chi connectivity index (χ2v) is 12.4. The predicted molar refractivity (Wildman–Crippen MR) is 151 cm³/mol. The third-order valence-electron chi connectivity index (χ3n) is 8.54. The number of carbonyl (C=O) groups is 3. The van der Waals surface area contributed by atoms with E-state index in [1.54, 1.807) is 6.92 Å². The fraction of sp³-hybridized carbons (Fsp3) is 0.719. The number of piperidine rings is 1. The molecule has 0 aromatic heterocycles. The van der Waals surface area contributed by atoms with E-state index < -0.39 is 41.5 Å². The van der Waals surface area contributed by atoms with E-state index in [1.165, 1.54) is 16.0 Å². The molecule has 0 radical (unpaired) electrons. The Kier molecular flexibility index (Phi) is 10.8. The van der Waals surface area contributed by atoms with E-state index in [2.05, 4.69) is 45.9 Å². The van der Waals surface area contributed by atoms with Crippen LogP contribution in [-0.2, 0) is 30.3 Å². The lowest BCUT2D eigenvalue weighted by atomic mass is 9.85. The summed E-state index contributed by atoms with van der Waals surface area (Å²) in [5.74, 6) is -4.81. The normalized spacial score (nSPS) is 27.8. The van der Waals surface area contributed by atoms with Crippen LogP contribution in [0.4, 0.5) is 0 Å². The number of benzene rings is 1. The summed E-state index contributed by atoms with van der Waals surface area (Å²) >= 11 is 0. The van der Waals surface area contributed by atoms with Gasteiger partial charge in [-0.3, -0.25) is 9.59 Å². The molecule has 2 heterocycles. The number of hydrogen-bond acceptors (Lipinski definition) is 6. The van der Waals surface area contributed by atoms with Crippen LogP contribution in [0.15, 0.2) is 24.3 Å². The van der Waals surface area contributed by atoms with Crippen molar-refractivity contribution in [2.24, 2.45) is 23.7 Å². The largest absolute Gasteiger partial charge is 0.460 e. The quantitative estimate of drug-likeness (QED) is 0.338. The van der Waals surface area contributed by atoms with Crippen molar-refractivity contribution in [3.8, 4) is 0 Å². The number of likely N-dealkylation sites (tertiary alicyclic amines) is 1. The summed E-state index contributed by atoms with van der Waals surface area (Å²) in [5, 5.41) is 11.5. The van der Waals surface area contributed by atoms with Gasteiger partial charge in [0.25, 0.3) is 5.91 Å². The molecule has 1 aromatic carbocycles. The van der Waals surface area contributed by atoms with Gasteiger partial charge in [0, 0.05) is 12.5 Å². The highest BCUT2D eigenvalue weighted by atomic mass is 16.6. The smallest absolute Gasteiger partial charge is 0.329 e. The van der Waals surface area contributed by atoms with Crippen molar-refractivity contribution in [1.82, 2.24) is 4.90 Å². The Balaban J connectivity index is 1.83. The summed E-state index contributed by atoms with van der Waals surface area (Å²) in [4.78, 5) is 42.2. The SMILES string of the molecule is CCC(Cc1cccc(C)c1)C(OC(=O)C1CCCCN1C(=O)C1(O)OC(C(C)C)CCC(C)C1=O)C(C)C. The summed E-state index contributed by atoms with van der Waals surface area (Å²) in [6.07, 6.45) is 3.87. The van der Waals surface area contributed by atoms with Crippen LogP contribution in [0.2, 0.25) is 0 Å². The van der Waals surface area contributed by atoms with Gasteiger partial charge in [-0.1, -0.05) is 71.4 Å². The Morgan fingerprint density at radius 2 is 1.87 bits per heavy atom. The van der Waals surface area contributed by atoms with Crippen molar-refractivity contribution in [1.29, 1.82) is 0 Å². The van der Waals surface area contributed by atoms with E-state index in [1.807, 2.05) is 19.9 Å². The Bertz CT molecular complexity index is 1010. The molecule has 0 saturated carbocycles. The number of esters is 1. The van der Waals surface area contributed by atoms with Gasteiger partial charge < -0.3 is 19.5 Å². The van der Waals surface area contributed by atoms with Crippen LogP contribution in [0.1, 0.15) is 91.2 Å². The number of aryl methyl sites for hydroxylation is 1. The summed E-state index contributed by atoms with van der Waals surface area (Å²) in [5.41, 5.74) is 2.40. The van der Waals surface area contributed by atoms with Gasteiger partial charge in [0.2, 0.25) is 5.78 Å². The first-order valence-corrected chi connectivity index (χ1v) is 14.9. The van der Waals surface area contributed by atoms with E-state index >= 15 is 0 Å². The minimum Gasteiger partial charge on any atom is -0.460 e. The van der Waals surface area contributed by atoms with Crippen LogP contribution in [0.25, 0.3) is 0 Å². The Labute approximate surface area is 234 Å². The van der Waals surface area contributed by atoms with Crippen LogP contribution in [0.3, 0.4) is 0 Å². The molecule has 2 saturated heterocycles. The maximum Gasteiger partial charge on any atom is 0.329 e. The number of carbonyl (C=O) groups excluding carboxylic acids is 3. The Morgan fingerprint density at radius 3 is 2.49 bits per heavy atom. The molecule has 39 heavy (non-hydrogen) atoms. The van der Waals surface area contributed by atoms with Gasteiger partial charge in [-0.15, -0.1) is 0 Å². The van der Waals surface area contributed by atoms with Gasteiger partial charge in [0.05, 0.1) is 6.10 Å². The maximum absolute atomic E-state index is 13.9. The minimum absolute atomic E-state index is 0.0238. The first kappa shape index (κ1) is 31.3. The topological polar surface area (TPSA) is 93.1 Å². The van der Waals surface area contributed by atoms with E-state index in [0.717, 1.165) is 19.3 Å². The van der Waals surface area contributed by atoms with E-state index in [9.17, 15) is 19.5 Å². The third kappa shape index (κ3) is 7.29. The molecule has 218 valence electrons. The predicted octanol–water partition coefficient (Wildman–Crippen LogP) is 5.24. The fourth-order valence-electron chi connectivity index (χ4n) is 6.08. The third-order valence-corrected chi connectivity index (χ3v) is 8.54. The van der Waals surface area contributed by atoms with Crippen LogP contribution >= 0.6 is 0 Å². The fourth-order valence-corrected chi connectivity index (χ4v) is 6.08. The minimum atomic E-state index is -2.59. The van der Waals surface area contributed by atoms with E-state index in [0.29, 0.717) is 25.7 Å². The lowest BCUT2D eigenvalue weighted by Crippen LogP contribution is -2.62. The number of amides is 1. The van der Waals surface area contributed by atoms with Gasteiger partial charge in [-0.25, -0.2) is 4.79 Å². The highest BCUT2D eigenvalue weighted by molar-refractivity contribution is 6.09. The van der Waals surface area contributed by atoms with Gasteiger partial charge in [0.1, 0.15) is 12.1 Å². The lowest BCUT2D eigenvalue weighted by Gasteiger charge is -2.40. The highest BCUT2D eigenvalue weighted by Crippen LogP contribution is 2.34. The summed E-state index contributed by atoms with van der Waals surface area (Å²) < 4.78 is 12.1. The van der Waals surface area contributed by atoms with Gasteiger partial charge in [-0.05, 0) is 75.2 Å². The first-order chi connectivity index (χ1) is 18.4. The number of nitrogens with zero attached hydrogens (tertiary/aromatic N) is 1. The number of hydrogen-bond donors (Lipinski definition) is 1. The van der Waals surface area contributed by atoms with Crippen molar-refractivity contribution in [3.63, 3.8) is 0 Å². The van der Waals surface area contributed by atoms with Crippen LogP contribution in [0, 0.1) is 30.6 Å². The van der Waals surface area contributed by atoms with Gasteiger partial charge >= 0.3 is 11.8 Å². The molecule has 0 spiro atoms. The Hall–Kier alpha value is -2.25. The zero-order chi connectivity index (χ0) is 28.9. The summed E-state index contributed by atoms with van der Waals surface area (Å²) in [6.45, 7) is 14.2. The molecule has 2 aliphatic rings. The number of aliphatic hydroxyl groups is 1. The second-order valence-electron chi connectivity index (χ2n) is 12.4. The molecule has 6 atom stereocenters. The average Bonchev–Trinajstić information content (AvgIpc) is 3.02. The van der Waals surface area contributed by atoms with Crippen molar-refractivity contribution in [2.45, 2.75) is 117 Å². The zero-order valence-electron chi connectivity index (χ0n) is 24.9. The number of rotatable bonds is 9. The van der Waals surface area contributed by atoms with Crippen molar-refractivity contribution in [3.05, 3.63) is 35.4 Å². The van der Waals surface area contributed by atoms with Crippen LogP contribution in [-0.4, -0.2) is 58.2 Å². The zero-order valence-corrected chi connectivity index (χ0v) is 24.9. The molecule has 7 heteroatoms. The van der Waals surface area contributed by atoms with Crippen molar-refractivity contribution in [2.75, 3.05) is 6.54 Å². The van der Waals surface area contributed by atoms with Crippen LogP contribution < -0.4 is 0 Å². The summed E-state index contributed by atoms with van der Waals surface area (Å²) in [6, 6.07) is 7.53. The number of ketones is 1. The molecule has 6 unspecified atom stereocenters. The molecule has 3 rings (SSSR count). The highest BCUT2D eigenvalue weighted by Gasteiger charge is 2.54. The van der Waals surface area contributed by atoms with E-state index in [-0.39, 0.29) is 30.4 Å². The molecular weight excluding hydrogens is 494 g/mol. The van der Waals surface area contributed by atoms with E-state index in [4.69, 9.17) is 9.47 Å². The molecule has 1 amide bonds. The van der Waals surface area contributed by atoms with Gasteiger partial charge in [-0.2, -0.15) is 0 Å². The van der Waals surface area contributed by atoms with Crippen LogP contribution in [0.5, 0.6) is 0 Å². The molecule has 7 nitrogen and oxygen atoms in total. The molecule has 2 fully saturated rings. The second kappa shape index (κ2) is 13.4. The molecule has 1 N–H and O–H groups in total. The number of Topliss-reactive ketones (excluding diaryl/α,β-unsaturated/α-hetero) is 1. The van der Waals surface area contributed by atoms with Crippen molar-refractivity contribution >= 4 is 17.7 Å². The average molecular weight is 544 g/mol. The standard InChI is InChI=1S/C32H49NO6/c1-8-25(19-24-13-11-12-22(6)18-24)28(21(4)5)38-30(35)26-14-9-10-17-33(26)31(36)32(37)29(34)23(7)15-16-27(39-32)20(2)3/h11-13,18,20-21,23,25-28,37H,8-10,14-17,19H2,1-7H3. The summed E-state index contributed by atoms with van der Waals surface area (Å²) in [7, 11) is 0. The molecule has 0 bridgehead atoms. The van der Waals surface area contributed by atoms with Gasteiger partial charge in [0.15, 0.2) is 0 Å². The Morgan fingerprint density at radius 1 is 1.15 bits per heavy atom. The molecular formula is C32H49NO6. The lowest BCUT2D eigenvalue weighted by molar-refractivity contribution is -0.233. The first-order valence-electron chi connectivity index (χ1n) is 14.9. The molecule has 2 aliphatic heterocycles. The maximum atomic E-state index is 13.9. The molecule has 0 aliphatic carbocycles. The van der Waals surface area contributed by atoms with Crippen molar-refractivity contribution < 1.29 is 29.0 Å². The molecule has 1 aromatic rings. The monoisotopic (exact) mass is 543 g/mol. The number of ether oxygens (including phenoxy) is 2.